The predicted octanol–water partition coefficient (Wildman–Crippen LogP) is 1.50. The van der Waals surface area contributed by atoms with E-state index in [0.717, 1.165) is 24.5 Å². The van der Waals surface area contributed by atoms with Gasteiger partial charge in [0.2, 0.25) is 5.91 Å². The van der Waals surface area contributed by atoms with Gasteiger partial charge >= 0.3 is 0 Å². The van der Waals surface area contributed by atoms with Crippen molar-refractivity contribution in [2.45, 2.75) is 45.7 Å². The summed E-state index contributed by atoms with van der Waals surface area (Å²) in [6.07, 6.45) is 0.757. The fraction of sp³-hybridized carbons (Fsp3) is 0.571. The van der Waals surface area contributed by atoms with Gasteiger partial charge in [-0.25, -0.2) is 0 Å². The molecule has 7 heteroatoms. The fourth-order valence-electron chi connectivity index (χ4n) is 3.98. The molecule has 2 rings (SSSR count). The number of aliphatic imine (C=N–C) groups is 1. The summed E-state index contributed by atoms with van der Waals surface area (Å²) in [5.74, 6) is 0.758. The molecule has 0 atom stereocenters. The molecule has 0 aromatic heterocycles. The van der Waals surface area contributed by atoms with Gasteiger partial charge in [-0.15, -0.1) is 0 Å². The molecule has 1 aliphatic rings. The standard InChI is InChI=1S/C21H33N5O2/c1-15(2)26-18(27)13-25(14-21(26,3)4)20(23-6)24-11-10-16-8-7-9-17(12-16)19(28)22-5/h7-9,12,15H,10-11,13-14H2,1-6H3,(H,22,28)(H,23,24). The van der Waals surface area contributed by atoms with E-state index < -0.39 is 0 Å². The Balaban J connectivity index is 1.99. The van der Waals surface area contributed by atoms with Crippen molar-refractivity contribution in [3.05, 3.63) is 35.4 Å². The van der Waals surface area contributed by atoms with Crippen molar-refractivity contribution in [3.63, 3.8) is 0 Å². The number of carbonyl (C=O) groups is 2. The predicted molar refractivity (Wildman–Crippen MR) is 113 cm³/mol. The van der Waals surface area contributed by atoms with E-state index in [1.54, 1.807) is 20.2 Å². The number of rotatable bonds is 5. The summed E-state index contributed by atoms with van der Waals surface area (Å²) < 4.78 is 0. The monoisotopic (exact) mass is 387 g/mol. The van der Waals surface area contributed by atoms with Crippen molar-refractivity contribution in [2.24, 2.45) is 4.99 Å². The maximum absolute atomic E-state index is 12.7. The molecule has 0 saturated carbocycles. The van der Waals surface area contributed by atoms with Crippen LogP contribution >= 0.6 is 0 Å². The molecule has 2 amide bonds. The second-order valence-electron chi connectivity index (χ2n) is 8.03. The van der Waals surface area contributed by atoms with Gasteiger partial charge in [0.05, 0.1) is 12.1 Å². The smallest absolute Gasteiger partial charge is 0.251 e. The van der Waals surface area contributed by atoms with E-state index in [9.17, 15) is 9.59 Å². The third-order valence-electron chi connectivity index (χ3n) is 4.97. The van der Waals surface area contributed by atoms with Crippen LogP contribution in [0.3, 0.4) is 0 Å². The van der Waals surface area contributed by atoms with E-state index in [0.29, 0.717) is 18.7 Å². The number of hydrogen-bond donors (Lipinski definition) is 2. The molecule has 1 fully saturated rings. The van der Waals surface area contributed by atoms with Crippen molar-refractivity contribution in [1.82, 2.24) is 20.4 Å². The van der Waals surface area contributed by atoms with Crippen LogP contribution < -0.4 is 10.6 Å². The highest BCUT2D eigenvalue weighted by atomic mass is 16.2. The molecule has 0 spiro atoms. The van der Waals surface area contributed by atoms with Crippen LogP contribution in [-0.4, -0.2) is 72.9 Å². The third-order valence-corrected chi connectivity index (χ3v) is 4.97. The van der Waals surface area contributed by atoms with Gasteiger partial charge in [-0.05, 0) is 51.8 Å². The molecule has 1 aliphatic heterocycles. The number of nitrogens with zero attached hydrogens (tertiary/aromatic N) is 3. The molecule has 1 saturated heterocycles. The number of guanidine groups is 1. The molecule has 154 valence electrons. The van der Waals surface area contributed by atoms with Crippen molar-refractivity contribution in [1.29, 1.82) is 0 Å². The van der Waals surface area contributed by atoms with Crippen LogP contribution in [0, 0.1) is 0 Å². The maximum Gasteiger partial charge on any atom is 0.251 e. The molecule has 28 heavy (non-hydrogen) atoms. The summed E-state index contributed by atoms with van der Waals surface area (Å²) in [7, 11) is 3.36. The number of nitrogens with one attached hydrogen (secondary N) is 2. The molecular weight excluding hydrogens is 354 g/mol. The molecule has 2 N–H and O–H groups in total. The molecule has 0 radical (unpaired) electrons. The van der Waals surface area contributed by atoms with Gasteiger partial charge in [-0.2, -0.15) is 0 Å². The Kier molecular flexibility index (Phi) is 7.05. The SMILES string of the molecule is CN=C(NCCc1cccc(C(=O)NC)c1)N1CC(=O)N(C(C)C)C(C)(C)C1. The second-order valence-corrected chi connectivity index (χ2v) is 8.03. The lowest BCUT2D eigenvalue weighted by molar-refractivity contribution is -0.145. The summed E-state index contributed by atoms with van der Waals surface area (Å²) in [5.41, 5.74) is 1.47. The van der Waals surface area contributed by atoms with Crippen LogP contribution in [0.5, 0.6) is 0 Å². The Labute approximate surface area is 168 Å². The number of amides is 2. The van der Waals surface area contributed by atoms with Crippen molar-refractivity contribution >= 4 is 17.8 Å². The lowest BCUT2D eigenvalue weighted by Gasteiger charge is -2.49. The Morgan fingerprint density at radius 2 is 2.04 bits per heavy atom. The van der Waals surface area contributed by atoms with Gasteiger partial charge in [0.1, 0.15) is 0 Å². The number of benzene rings is 1. The number of piperazine rings is 1. The van der Waals surface area contributed by atoms with E-state index in [1.807, 2.05) is 28.0 Å². The van der Waals surface area contributed by atoms with E-state index in [2.05, 4.69) is 43.3 Å². The van der Waals surface area contributed by atoms with Crippen molar-refractivity contribution < 1.29 is 9.59 Å². The zero-order chi connectivity index (χ0) is 20.9. The largest absolute Gasteiger partial charge is 0.356 e. The van der Waals surface area contributed by atoms with Gasteiger partial charge in [0.15, 0.2) is 5.96 Å². The molecule has 7 nitrogen and oxygen atoms in total. The van der Waals surface area contributed by atoms with Crippen molar-refractivity contribution in [3.8, 4) is 0 Å². The fourth-order valence-corrected chi connectivity index (χ4v) is 3.98. The number of carbonyl (C=O) groups excluding carboxylic acids is 2. The lowest BCUT2D eigenvalue weighted by atomic mass is 9.96. The summed E-state index contributed by atoms with van der Waals surface area (Å²) in [6.45, 7) is 10.0. The average Bonchev–Trinajstić information content (AvgIpc) is 2.63. The second kappa shape index (κ2) is 9.08. The zero-order valence-corrected chi connectivity index (χ0v) is 17.9. The van der Waals surface area contributed by atoms with Gasteiger partial charge in [-0.1, -0.05) is 12.1 Å². The van der Waals surface area contributed by atoms with Crippen LogP contribution in [0.15, 0.2) is 29.3 Å². The Hall–Kier alpha value is -2.57. The molecule has 0 aliphatic carbocycles. The highest BCUT2D eigenvalue weighted by molar-refractivity contribution is 5.94. The minimum atomic E-state index is -0.261. The van der Waals surface area contributed by atoms with Gasteiger partial charge in [0.25, 0.3) is 5.91 Å². The van der Waals surface area contributed by atoms with E-state index in [1.165, 1.54) is 0 Å². The van der Waals surface area contributed by atoms with Crippen molar-refractivity contribution in [2.75, 3.05) is 33.7 Å². The topological polar surface area (TPSA) is 77.0 Å². The Morgan fingerprint density at radius 1 is 1.32 bits per heavy atom. The molecule has 1 heterocycles. The summed E-state index contributed by atoms with van der Waals surface area (Å²) in [5, 5.41) is 6.00. The molecule has 0 bridgehead atoms. The quantitative estimate of drug-likeness (QED) is 0.593. The Morgan fingerprint density at radius 3 is 2.61 bits per heavy atom. The van der Waals surface area contributed by atoms with Crippen LogP contribution in [-0.2, 0) is 11.2 Å². The number of hydrogen-bond acceptors (Lipinski definition) is 3. The van der Waals surface area contributed by atoms with Gasteiger partial charge in [-0.3, -0.25) is 14.6 Å². The first-order chi connectivity index (χ1) is 13.2. The molecule has 0 unspecified atom stereocenters. The van der Waals surface area contributed by atoms with E-state index in [4.69, 9.17) is 0 Å². The first-order valence-electron chi connectivity index (χ1n) is 9.78. The maximum atomic E-state index is 12.7. The third kappa shape index (κ3) is 5.03. The first-order valence-corrected chi connectivity index (χ1v) is 9.78. The molecular formula is C21H33N5O2. The van der Waals surface area contributed by atoms with Gasteiger partial charge in [0, 0.05) is 38.8 Å². The molecule has 1 aromatic rings. The molecule has 1 aromatic carbocycles. The summed E-state index contributed by atoms with van der Waals surface area (Å²) in [4.78, 5) is 32.8. The average molecular weight is 388 g/mol. The normalized spacial score (nSPS) is 17.1. The van der Waals surface area contributed by atoms with Crippen LogP contribution in [0.2, 0.25) is 0 Å². The van der Waals surface area contributed by atoms with Crippen LogP contribution in [0.25, 0.3) is 0 Å². The summed E-state index contributed by atoms with van der Waals surface area (Å²) >= 11 is 0. The lowest BCUT2D eigenvalue weighted by Crippen LogP contribution is -2.66. The summed E-state index contributed by atoms with van der Waals surface area (Å²) in [6, 6.07) is 7.77. The van der Waals surface area contributed by atoms with Gasteiger partial charge < -0.3 is 20.4 Å². The van der Waals surface area contributed by atoms with Crippen LogP contribution in [0.4, 0.5) is 0 Å². The minimum absolute atomic E-state index is 0.0885. The zero-order valence-electron chi connectivity index (χ0n) is 17.9. The first kappa shape index (κ1) is 21.7. The highest BCUT2D eigenvalue weighted by Gasteiger charge is 2.40. The minimum Gasteiger partial charge on any atom is -0.356 e. The Bertz CT molecular complexity index is 742. The highest BCUT2D eigenvalue weighted by Crippen LogP contribution is 2.24. The van der Waals surface area contributed by atoms with E-state index >= 15 is 0 Å². The van der Waals surface area contributed by atoms with E-state index in [-0.39, 0.29) is 23.4 Å². The van der Waals surface area contributed by atoms with Crippen LogP contribution in [0.1, 0.15) is 43.6 Å².